The molecule has 4 nitrogen and oxygen atoms in total. The van der Waals surface area contributed by atoms with Crippen LogP contribution in [-0.2, 0) is 11.3 Å². The summed E-state index contributed by atoms with van der Waals surface area (Å²) in [4.78, 5) is 15.2. The van der Waals surface area contributed by atoms with E-state index in [-0.39, 0.29) is 11.8 Å². The van der Waals surface area contributed by atoms with Crippen LogP contribution in [0.2, 0.25) is 0 Å². The van der Waals surface area contributed by atoms with Crippen LogP contribution in [0, 0.1) is 11.6 Å². The minimum absolute atomic E-state index is 0.00576. The van der Waals surface area contributed by atoms with E-state index >= 15 is 0 Å². The molecule has 7 heteroatoms. The number of anilines is 1. The second-order valence-corrected chi connectivity index (χ2v) is 6.68. The van der Waals surface area contributed by atoms with Crippen LogP contribution in [0.5, 0.6) is 0 Å². The molecule has 1 aliphatic heterocycles. The molecule has 2 heterocycles. The third-order valence-electron chi connectivity index (χ3n) is 3.83. The fourth-order valence-electron chi connectivity index (χ4n) is 2.63. The second-order valence-electron chi connectivity index (χ2n) is 5.65. The summed E-state index contributed by atoms with van der Waals surface area (Å²) in [6, 6.07) is 6.52. The first-order chi connectivity index (χ1) is 11.6. The maximum atomic E-state index is 13.8. The molecule has 2 amide bonds. The van der Waals surface area contributed by atoms with Crippen molar-refractivity contribution in [3.63, 3.8) is 0 Å². The first-order valence-corrected chi connectivity index (χ1v) is 8.65. The summed E-state index contributed by atoms with van der Waals surface area (Å²) in [5, 5.41) is 4.46. The first-order valence-electron chi connectivity index (χ1n) is 7.77. The van der Waals surface area contributed by atoms with Crippen molar-refractivity contribution in [2.75, 3.05) is 18.5 Å². The average molecular weight is 352 g/mol. The number of hydrogen-bond donors (Lipinski definition) is 1. The van der Waals surface area contributed by atoms with E-state index in [1.165, 1.54) is 6.07 Å². The molecule has 1 aliphatic rings. The minimum Gasteiger partial charge on any atom is -0.376 e. The highest BCUT2D eigenvalue weighted by Gasteiger charge is 2.23. The molecule has 1 N–H and O–H groups in total. The van der Waals surface area contributed by atoms with Crippen molar-refractivity contribution in [2.24, 2.45) is 0 Å². The Labute approximate surface area is 143 Å². The molecule has 1 aromatic heterocycles. The standard InChI is InChI=1S/C17H18F2N2O2S/c18-12-5-6-16(15(19)9-12)20-17(22)21(10-13-3-1-7-23-13)11-14-4-2-8-24-14/h2,4-6,8-9,13H,1,3,7,10-11H2,(H,20,22)/t13-/m0/s1. The summed E-state index contributed by atoms with van der Waals surface area (Å²) in [7, 11) is 0. The number of thiophene rings is 1. The zero-order valence-corrected chi connectivity index (χ0v) is 13.8. The Hall–Kier alpha value is -1.99. The highest BCUT2D eigenvalue weighted by molar-refractivity contribution is 7.09. The van der Waals surface area contributed by atoms with Crippen molar-refractivity contribution in [3.8, 4) is 0 Å². The second kappa shape index (κ2) is 7.72. The van der Waals surface area contributed by atoms with Gasteiger partial charge in [0.25, 0.3) is 0 Å². The lowest BCUT2D eigenvalue weighted by atomic mass is 10.2. The molecule has 1 aromatic carbocycles. The topological polar surface area (TPSA) is 41.6 Å². The van der Waals surface area contributed by atoms with Crippen molar-refractivity contribution >= 4 is 23.1 Å². The van der Waals surface area contributed by atoms with Crippen LogP contribution >= 0.6 is 11.3 Å². The van der Waals surface area contributed by atoms with Gasteiger partial charge in [0.05, 0.1) is 18.3 Å². The number of rotatable bonds is 5. The molecule has 128 valence electrons. The highest BCUT2D eigenvalue weighted by atomic mass is 32.1. The van der Waals surface area contributed by atoms with Crippen LogP contribution in [0.3, 0.4) is 0 Å². The lowest BCUT2D eigenvalue weighted by Gasteiger charge is -2.25. The zero-order valence-electron chi connectivity index (χ0n) is 13.0. The molecule has 0 bridgehead atoms. The quantitative estimate of drug-likeness (QED) is 0.874. The number of carbonyl (C=O) groups is 1. The molecule has 2 aromatic rings. The molecule has 24 heavy (non-hydrogen) atoms. The number of halogens is 2. The van der Waals surface area contributed by atoms with Crippen molar-refractivity contribution in [2.45, 2.75) is 25.5 Å². The number of hydrogen-bond acceptors (Lipinski definition) is 3. The largest absolute Gasteiger partial charge is 0.376 e. The van der Waals surface area contributed by atoms with Crippen molar-refractivity contribution in [1.29, 1.82) is 0 Å². The van der Waals surface area contributed by atoms with Crippen molar-refractivity contribution in [1.82, 2.24) is 4.90 Å². The van der Waals surface area contributed by atoms with Gasteiger partial charge in [0.1, 0.15) is 11.6 Å². The van der Waals surface area contributed by atoms with Gasteiger partial charge in [0, 0.05) is 24.1 Å². The van der Waals surface area contributed by atoms with Gasteiger partial charge in [-0.3, -0.25) is 0 Å². The first kappa shape index (κ1) is 16.9. The van der Waals surface area contributed by atoms with E-state index in [4.69, 9.17) is 4.74 Å². The van der Waals surface area contributed by atoms with Gasteiger partial charge in [0.15, 0.2) is 0 Å². The van der Waals surface area contributed by atoms with E-state index in [2.05, 4.69) is 5.32 Å². The Morgan fingerprint density at radius 3 is 2.92 bits per heavy atom. The smallest absolute Gasteiger partial charge is 0.322 e. The molecule has 0 spiro atoms. The number of benzene rings is 1. The molecule has 0 aliphatic carbocycles. The van der Waals surface area contributed by atoms with Gasteiger partial charge in [-0.2, -0.15) is 0 Å². The zero-order chi connectivity index (χ0) is 16.9. The van der Waals surface area contributed by atoms with Gasteiger partial charge < -0.3 is 15.0 Å². The van der Waals surface area contributed by atoms with Crippen LogP contribution in [-0.4, -0.2) is 30.2 Å². The van der Waals surface area contributed by atoms with Gasteiger partial charge >= 0.3 is 6.03 Å². The molecular weight excluding hydrogens is 334 g/mol. The number of ether oxygens (including phenoxy) is 1. The molecular formula is C17H18F2N2O2S. The number of nitrogens with zero attached hydrogens (tertiary/aromatic N) is 1. The monoisotopic (exact) mass is 352 g/mol. The summed E-state index contributed by atoms with van der Waals surface area (Å²) >= 11 is 1.55. The predicted octanol–water partition coefficient (Wildman–Crippen LogP) is 4.24. The van der Waals surface area contributed by atoms with Crippen LogP contribution in [0.25, 0.3) is 0 Å². The molecule has 1 saturated heterocycles. The predicted molar refractivity (Wildman–Crippen MR) is 89.1 cm³/mol. The van der Waals surface area contributed by atoms with E-state index in [1.54, 1.807) is 16.2 Å². The molecule has 0 radical (unpaired) electrons. The molecule has 0 unspecified atom stereocenters. The number of nitrogens with one attached hydrogen (secondary N) is 1. The van der Waals surface area contributed by atoms with Gasteiger partial charge in [-0.25, -0.2) is 13.6 Å². The normalized spacial score (nSPS) is 17.0. The Morgan fingerprint density at radius 2 is 2.25 bits per heavy atom. The number of amides is 2. The summed E-state index contributed by atoms with van der Waals surface area (Å²) in [5.41, 5.74) is -0.0371. The maximum absolute atomic E-state index is 13.8. The van der Waals surface area contributed by atoms with E-state index in [0.29, 0.717) is 19.7 Å². The third-order valence-corrected chi connectivity index (χ3v) is 4.70. The summed E-state index contributed by atoms with van der Waals surface area (Å²) in [5.74, 6) is -1.48. The Balaban J connectivity index is 1.71. The Kier molecular flexibility index (Phi) is 5.42. The fourth-order valence-corrected chi connectivity index (χ4v) is 3.35. The molecule has 1 atom stereocenters. The van der Waals surface area contributed by atoms with Gasteiger partial charge in [-0.1, -0.05) is 6.07 Å². The Bertz CT molecular complexity index is 688. The summed E-state index contributed by atoms with van der Waals surface area (Å²) in [6.07, 6.45) is 1.87. The van der Waals surface area contributed by atoms with Gasteiger partial charge in [-0.05, 0) is 36.4 Å². The molecule has 0 saturated carbocycles. The molecule has 1 fully saturated rings. The highest BCUT2D eigenvalue weighted by Crippen LogP contribution is 2.20. The van der Waals surface area contributed by atoms with Crippen molar-refractivity contribution < 1.29 is 18.3 Å². The van der Waals surface area contributed by atoms with Crippen molar-refractivity contribution in [3.05, 3.63) is 52.2 Å². The Morgan fingerprint density at radius 1 is 1.38 bits per heavy atom. The minimum atomic E-state index is -0.795. The number of urea groups is 1. The van der Waals surface area contributed by atoms with E-state index in [1.807, 2.05) is 17.5 Å². The van der Waals surface area contributed by atoms with Crippen LogP contribution in [0.15, 0.2) is 35.7 Å². The maximum Gasteiger partial charge on any atom is 0.322 e. The summed E-state index contributed by atoms with van der Waals surface area (Å²) < 4.78 is 32.3. The van der Waals surface area contributed by atoms with Gasteiger partial charge in [-0.15, -0.1) is 11.3 Å². The lowest BCUT2D eigenvalue weighted by molar-refractivity contribution is 0.0821. The lowest BCUT2D eigenvalue weighted by Crippen LogP contribution is -2.39. The summed E-state index contributed by atoms with van der Waals surface area (Å²) in [6.45, 7) is 1.56. The van der Waals surface area contributed by atoms with Crippen LogP contribution in [0.1, 0.15) is 17.7 Å². The number of carbonyl (C=O) groups excluding carboxylic acids is 1. The van der Waals surface area contributed by atoms with Crippen LogP contribution < -0.4 is 5.32 Å². The van der Waals surface area contributed by atoms with Gasteiger partial charge in [0.2, 0.25) is 0 Å². The van der Waals surface area contributed by atoms with E-state index in [9.17, 15) is 13.6 Å². The SMILES string of the molecule is O=C(Nc1ccc(F)cc1F)N(Cc1cccs1)C[C@@H]1CCCO1. The average Bonchev–Trinajstić information content (AvgIpc) is 3.23. The van der Waals surface area contributed by atoms with E-state index < -0.39 is 17.7 Å². The fraction of sp³-hybridized carbons (Fsp3) is 0.353. The molecule has 3 rings (SSSR count). The van der Waals surface area contributed by atoms with E-state index in [0.717, 1.165) is 29.9 Å². The van der Waals surface area contributed by atoms with Crippen LogP contribution in [0.4, 0.5) is 19.3 Å². The third kappa shape index (κ3) is 4.30.